The third-order valence-corrected chi connectivity index (χ3v) is 5.88. The van der Waals surface area contributed by atoms with Gasteiger partial charge in [-0.05, 0) is 38.5 Å². The van der Waals surface area contributed by atoms with Crippen LogP contribution in [0.5, 0.6) is 0 Å². The van der Waals surface area contributed by atoms with Gasteiger partial charge in [0.25, 0.3) is 0 Å². The minimum Gasteiger partial charge on any atom is -0.453 e. The largest absolute Gasteiger partial charge is 0.453 e. The van der Waals surface area contributed by atoms with Crippen LogP contribution in [0, 0.1) is 0 Å². The Morgan fingerprint density at radius 2 is 2.08 bits per heavy atom. The van der Waals surface area contributed by atoms with E-state index in [1.54, 1.807) is 36.3 Å². The number of alkyl carbamates (subject to hydrolysis) is 1. The molecular weight excluding hydrogens is 374 g/mol. The van der Waals surface area contributed by atoms with Gasteiger partial charge in [0.05, 0.1) is 22.9 Å². The number of carbonyl (C=O) groups is 2. The summed E-state index contributed by atoms with van der Waals surface area (Å²) < 4.78 is 11.8. The summed E-state index contributed by atoms with van der Waals surface area (Å²) in [5, 5.41) is 5.08. The van der Waals surface area contributed by atoms with Crippen molar-refractivity contribution in [3.63, 3.8) is 0 Å². The number of thioether (sulfide) groups is 1. The highest BCUT2D eigenvalue weighted by Crippen LogP contribution is 2.32. The molecule has 0 bridgehead atoms. The molecule has 1 heterocycles. The molecule has 0 aliphatic heterocycles. The Balaban J connectivity index is 1.94. The van der Waals surface area contributed by atoms with Crippen molar-refractivity contribution in [3.05, 3.63) is 18.2 Å². The van der Waals surface area contributed by atoms with E-state index in [1.807, 2.05) is 12.1 Å². The number of aromatic nitrogens is 1. The molecule has 0 saturated heterocycles. The van der Waals surface area contributed by atoms with Crippen LogP contribution in [0.3, 0.4) is 0 Å². The van der Waals surface area contributed by atoms with Crippen molar-refractivity contribution in [1.82, 2.24) is 10.3 Å². The number of methoxy groups -OCH3 is 2. The van der Waals surface area contributed by atoms with Gasteiger partial charge in [-0.25, -0.2) is 9.78 Å². The van der Waals surface area contributed by atoms with Gasteiger partial charge in [0, 0.05) is 18.6 Å². The van der Waals surface area contributed by atoms with Crippen LogP contribution in [-0.2, 0) is 14.3 Å². The van der Waals surface area contributed by atoms with Crippen molar-refractivity contribution in [2.75, 3.05) is 31.8 Å². The molecule has 0 radical (unpaired) electrons. The molecule has 0 aliphatic rings. The molecule has 0 spiro atoms. The zero-order chi connectivity index (χ0) is 19.2. The molecule has 0 aliphatic carbocycles. The Morgan fingerprint density at radius 1 is 1.31 bits per heavy atom. The van der Waals surface area contributed by atoms with Gasteiger partial charge in [-0.15, -0.1) is 11.3 Å². The van der Waals surface area contributed by atoms with Gasteiger partial charge in [-0.3, -0.25) is 4.79 Å². The first kappa shape index (κ1) is 20.5. The van der Waals surface area contributed by atoms with Crippen molar-refractivity contribution in [3.8, 4) is 0 Å². The highest BCUT2D eigenvalue weighted by atomic mass is 32.2. The molecule has 0 saturated carbocycles. The van der Waals surface area contributed by atoms with Crippen LogP contribution in [0.4, 0.5) is 10.5 Å². The van der Waals surface area contributed by atoms with Gasteiger partial charge < -0.3 is 20.1 Å². The monoisotopic (exact) mass is 397 g/mol. The lowest BCUT2D eigenvalue weighted by Gasteiger charge is -2.21. The maximum atomic E-state index is 11.8. The third kappa shape index (κ3) is 6.15. The first-order valence-corrected chi connectivity index (χ1v) is 9.83. The molecule has 2 N–H and O–H groups in total. The van der Waals surface area contributed by atoms with E-state index in [9.17, 15) is 9.59 Å². The zero-order valence-corrected chi connectivity index (χ0v) is 16.9. The van der Waals surface area contributed by atoms with Crippen molar-refractivity contribution < 1.29 is 19.1 Å². The van der Waals surface area contributed by atoms with Crippen molar-refractivity contribution >= 4 is 51.0 Å². The highest BCUT2D eigenvalue weighted by molar-refractivity contribution is 8.01. The average Bonchev–Trinajstić information content (AvgIpc) is 3.01. The van der Waals surface area contributed by atoms with Crippen LogP contribution in [0.2, 0.25) is 0 Å². The van der Waals surface area contributed by atoms with Gasteiger partial charge in [-0.1, -0.05) is 11.8 Å². The average molecular weight is 398 g/mol. The summed E-state index contributed by atoms with van der Waals surface area (Å²) >= 11 is 3.29. The van der Waals surface area contributed by atoms with E-state index in [4.69, 9.17) is 4.74 Å². The Bertz CT molecular complexity index is 776. The summed E-state index contributed by atoms with van der Waals surface area (Å²) in [4.78, 5) is 27.4. The number of hydrogen-bond acceptors (Lipinski definition) is 7. The number of amides is 2. The van der Waals surface area contributed by atoms with E-state index < -0.39 is 6.09 Å². The lowest BCUT2D eigenvalue weighted by Crippen LogP contribution is -2.32. The van der Waals surface area contributed by atoms with Gasteiger partial charge in [0.1, 0.15) is 6.54 Å². The van der Waals surface area contributed by atoms with Gasteiger partial charge in [0.15, 0.2) is 4.34 Å². The van der Waals surface area contributed by atoms with Crippen LogP contribution < -0.4 is 10.6 Å². The zero-order valence-electron chi connectivity index (χ0n) is 15.3. The first-order valence-electron chi connectivity index (χ1n) is 8.03. The lowest BCUT2D eigenvalue weighted by atomic mass is 10.1. The summed E-state index contributed by atoms with van der Waals surface area (Å²) in [5.74, 6) is 0.597. The van der Waals surface area contributed by atoms with Crippen LogP contribution in [0.25, 0.3) is 10.2 Å². The molecule has 1 aromatic heterocycles. The Labute approximate surface area is 160 Å². The standard InChI is InChI=1S/C17H23N3O4S2/c1-17(2,24-4)7-8-25-16-20-12-6-5-11(9-13(12)26-16)19-14(21)10-18-15(22)23-3/h5-6,9H,7-8,10H2,1-4H3,(H,18,22)(H,19,21). The lowest BCUT2D eigenvalue weighted by molar-refractivity contribution is -0.115. The fourth-order valence-corrected chi connectivity index (χ4v) is 4.38. The number of hydrogen-bond donors (Lipinski definition) is 2. The molecule has 1 aromatic carbocycles. The topological polar surface area (TPSA) is 89.5 Å². The molecule has 2 rings (SSSR count). The van der Waals surface area contributed by atoms with E-state index in [0.717, 1.165) is 26.7 Å². The van der Waals surface area contributed by atoms with Gasteiger partial charge >= 0.3 is 6.09 Å². The second-order valence-corrected chi connectivity index (χ2v) is 8.49. The van der Waals surface area contributed by atoms with Crippen LogP contribution in [-0.4, -0.2) is 49.1 Å². The number of anilines is 1. The fraction of sp³-hybridized carbons (Fsp3) is 0.471. The molecule has 0 unspecified atom stereocenters. The Kier molecular flexibility index (Phi) is 7.24. The second-order valence-electron chi connectivity index (χ2n) is 6.12. The minimum atomic E-state index is -0.642. The maximum Gasteiger partial charge on any atom is 0.407 e. The fourth-order valence-electron chi connectivity index (χ4n) is 1.96. The van der Waals surface area contributed by atoms with Crippen LogP contribution in [0.15, 0.2) is 22.5 Å². The maximum absolute atomic E-state index is 11.8. The van der Waals surface area contributed by atoms with Crippen molar-refractivity contribution in [2.24, 2.45) is 0 Å². The predicted molar refractivity (Wildman–Crippen MR) is 105 cm³/mol. The molecule has 142 valence electrons. The molecular formula is C17H23N3O4S2. The molecule has 9 heteroatoms. The quantitative estimate of drug-likeness (QED) is 0.663. The number of fused-ring (bicyclic) bond motifs is 1. The summed E-state index contributed by atoms with van der Waals surface area (Å²) in [6.07, 6.45) is 0.287. The number of nitrogens with zero attached hydrogens (tertiary/aromatic N) is 1. The number of thiazole rings is 1. The number of carbonyl (C=O) groups excluding carboxylic acids is 2. The van der Waals surface area contributed by atoms with Gasteiger partial charge in [-0.2, -0.15) is 0 Å². The Morgan fingerprint density at radius 3 is 2.77 bits per heavy atom. The van der Waals surface area contributed by atoms with E-state index >= 15 is 0 Å². The number of rotatable bonds is 8. The van der Waals surface area contributed by atoms with E-state index in [-0.39, 0.29) is 18.1 Å². The number of nitrogens with one attached hydrogen (secondary N) is 2. The molecule has 0 atom stereocenters. The number of benzene rings is 1. The summed E-state index contributed by atoms with van der Waals surface area (Å²) in [5.41, 5.74) is 1.42. The summed E-state index contributed by atoms with van der Waals surface area (Å²) in [7, 11) is 2.97. The highest BCUT2D eigenvalue weighted by Gasteiger charge is 2.16. The molecule has 2 aromatic rings. The predicted octanol–water partition coefficient (Wildman–Crippen LogP) is 3.50. The molecule has 0 fully saturated rings. The molecule has 7 nitrogen and oxygen atoms in total. The molecule has 26 heavy (non-hydrogen) atoms. The normalized spacial score (nSPS) is 11.4. The second kappa shape index (κ2) is 9.20. The smallest absolute Gasteiger partial charge is 0.407 e. The van der Waals surface area contributed by atoms with E-state index in [0.29, 0.717) is 5.69 Å². The number of ether oxygens (including phenoxy) is 2. The minimum absolute atomic E-state index is 0.140. The van der Waals surface area contributed by atoms with Crippen molar-refractivity contribution in [2.45, 2.75) is 30.2 Å². The first-order chi connectivity index (χ1) is 12.3. The van der Waals surface area contributed by atoms with E-state index in [1.165, 1.54) is 7.11 Å². The summed E-state index contributed by atoms with van der Waals surface area (Å²) in [6, 6.07) is 5.55. The molecule has 2 amide bonds. The Hall–Kier alpha value is -1.84. The van der Waals surface area contributed by atoms with Crippen molar-refractivity contribution in [1.29, 1.82) is 0 Å². The van der Waals surface area contributed by atoms with E-state index in [2.05, 4.69) is 34.2 Å². The SMILES string of the molecule is COC(=O)NCC(=O)Nc1ccc2nc(SCCC(C)(C)OC)sc2c1. The van der Waals surface area contributed by atoms with Crippen LogP contribution in [0.1, 0.15) is 20.3 Å². The van der Waals surface area contributed by atoms with Crippen LogP contribution >= 0.6 is 23.1 Å². The summed E-state index contributed by atoms with van der Waals surface area (Å²) in [6.45, 7) is 3.98. The van der Waals surface area contributed by atoms with Gasteiger partial charge in [0.2, 0.25) is 5.91 Å². The third-order valence-electron chi connectivity index (χ3n) is 3.71.